The van der Waals surface area contributed by atoms with E-state index in [1.165, 1.54) is 35.6 Å². The quantitative estimate of drug-likeness (QED) is 0.671. The summed E-state index contributed by atoms with van der Waals surface area (Å²) in [5, 5.41) is 24.1. The molecule has 3 rings (SSSR count). The van der Waals surface area contributed by atoms with Crippen molar-refractivity contribution in [1.82, 2.24) is 30.4 Å². The van der Waals surface area contributed by atoms with Crippen LogP contribution in [0.25, 0.3) is 11.4 Å². The highest BCUT2D eigenvalue weighted by molar-refractivity contribution is 5.84. The number of carbonyl (C=O) groups is 2. The molecule has 1 aliphatic rings. The molecule has 0 radical (unpaired) electrons. The third-order valence-corrected chi connectivity index (χ3v) is 4.86. The number of nitrogens with one attached hydrogen (secondary N) is 1. The molecule has 1 aliphatic carbocycles. The maximum atomic E-state index is 13.0. The Morgan fingerprint density at radius 3 is 2.62 bits per heavy atom. The lowest BCUT2D eigenvalue weighted by Gasteiger charge is -2.25. The Hall–Kier alpha value is -2.88. The van der Waals surface area contributed by atoms with Crippen LogP contribution in [0.4, 0.5) is 4.39 Å². The summed E-state index contributed by atoms with van der Waals surface area (Å²) in [5.41, 5.74) is 0.573. The van der Waals surface area contributed by atoms with E-state index >= 15 is 0 Å². The molecule has 2 amide bonds. The molecule has 1 fully saturated rings. The zero-order chi connectivity index (χ0) is 20.6. The number of aliphatic hydroxyl groups excluding tert-OH is 1. The lowest BCUT2D eigenvalue weighted by molar-refractivity contribution is -0.137. The van der Waals surface area contributed by atoms with E-state index in [-0.39, 0.29) is 49.8 Å². The van der Waals surface area contributed by atoms with Crippen molar-refractivity contribution in [2.24, 2.45) is 0 Å². The van der Waals surface area contributed by atoms with Crippen molar-refractivity contribution in [2.75, 3.05) is 19.7 Å². The summed E-state index contributed by atoms with van der Waals surface area (Å²) < 4.78 is 13.0. The summed E-state index contributed by atoms with van der Waals surface area (Å²) in [7, 11) is 0. The smallest absolute Gasteiger partial charge is 0.246 e. The van der Waals surface area contributed by atoms with Gasteiger partial charge in [-0.3, -0.25) is 9.59 Å². The second-order valence-corrected chi connectivity index (χ2v) is 7.09. The lowest BCUT2D eigenvalue weighted by Crippen LogP contribution is -2.46. The van der Waals surface area contributed by atoms with Crippen LogP contribution in [0.3, 0.4) is 0 Å². The van der Waals surface area contributed by atoms with E-state index in [0.29, 0.717) is 5.56 Å². The Morgan fingerprint density at radius 1 is 1.21 bits per heavy atom. The van der Waals surface area contributed by atoms with E-state index in [1.54, 1.807) is 0 Å². The summed E-state index contributed by atoms with van der Waals surface area (Å²) >= 11 is 0. The molecule has 1 aromatic heterocycles. The van der Waals surface area contributed by atoms with Crippen molar-refractivity contribution in [3.63, 3.8) is 0 Å². The molecule has 9 nitrogen and oxygen atoms in total. The van der Waals surface area contributed by atoms with Crippen LogP contribution >= 0.6 is 0 Å². The van der Waals surface area contributed by atoms with Gasteiger partial charge in [0.15, 0.2) is 0 Å². The van der Waals surface area contributed by atoms with Crippen molar-refractivity contribution in [2.45, 2.75) is 44.7 Å². The first-order valence-electron chi connectivity index (χ1n) is 9.77. The molecular weight excluding hydrogens is 379 g/mol. The van der Waals surface area contributed by atoms with Crippen molar-refractivity contribution >= 4 is 11.8 Å². The fourth-order valence-corrected chi connectivity index (χ4v) is 3.35. The molecule has 1 aromatic carbocycles. The van der Waals surface area contributed by atoms with Crippen molar-refractivity contribution in [1.29, 1.82) is 0 Å². The van der Waals surface area contributed by atoms with Gasteiger partial charge in [0.05, 0.1) is 13.2 Å². The second kappa shape index (κ2) is 10.1. The molecule has 0 spiro atoms. The van der Waals surface area contributed by atoms with Crippen LogP contribution in [0.1, 0.15) is 32.1 Å². The van der Waals surface area contributed by atoms with Gasteiger partial charge in [-0.15, -0.1) is 10.2 Å². The molecule has 0 bridgehead atoms. The third-order valence-electron chi connectivity index (χ3n) is 4.86. The first-order chi connectivity index (χ1) is 14.0. The average Bonchev–Trinajstić information content (AvgIpc) is 3.17. The summed E-state index contributed by atoms with van der Waals surface area (Å²) in [6.45, 7) is -0.565. The molecule has 10 heteroatoms. The van der Waals surface area contributed by atoms with Gasteiger partial charge < -0.3 is 15.3 Å². The van der Waals surface area contributed by atoms with Crippen LogP contribution in [0.15, 0.2) is 24.3 Å². The van der Waals surface area contributed by atoms with Crippen LogP contribution in [0.5, 0.6) is 0 Å². The molecule has 1 saturated carbocycles. The van der Waals surface area contributed by atoms with E-state index in [9.17, 15) is 19.1 Å². The molecule has 29 heavy (non-hydrogen) atoms. The van der Waals surface area contributed by atoms with E-state index < -0.39 is 5.91 Å². The number of aliphatic hydroxyl groups is 1. The van der Waals surface area contributed by atoms with Gasteiger partial charge in [0.2, 0.25) is 17.6 Å². The molecule has 156 valence electrons. The SMILES string of the molecule is O=C(CN(CCO)C(=O)Cn1nnc(-c2ccc(F)cc2)n1)NC1CCCCC1. The van der Waals surface area contributed by atoms with Gasteiger partial charge in [0, 0.05) is 18.2 Å². The molecule has 2 N–H and O–H groups in total. The predicted octanol–water partition coefficient (Wildman–Crippen LogP) is 0.749. The zero-order valence-electron chi connectivity index (χ0n) is 16.1. The summed E-state index contributed by atoms with van der Waals surface area (Å²) in [5.74, 6) is -0.748. The number of carbonyl (C=O) groups excluding carboxylic acids is 2. The highest BCUT2D eigenvalue weighted by Gasteiger charge is 2.21. The monoisotopic (exact) mass is 404 g/mol. The highest BCUT2D eigenvalue weighted by Crippen LogP contribution is 2.17. The standard InChI is InChI=1S/C19H25FN6O3/c20-15-8-6-14(7-9-15)19-22-24-26(23-19)13-18(29)25(10-11-27)12-17(28)21-16-4-2-1-3-5-16/h6-9,16,27H,1-5,10-13H2,(H,21,28). The molecule has 0 unspecified atom stereocenters. The summed E-state index contributed by atoms with van der Waals surface area (Å²) in [6.07, 6.45) is 5.28. The summed E-state index contributed by atoms with van der Waals surface area (Å²) in [6, 6.07) is 5.76. The molecule has 2 aromatic rings. The molecule has 0 atom stereocenters. The van der Waals surface area contributed by atoms with Gasteiger partial charge in [0.1, 0.15) is 12.4 Å². The minimum Gasteiger partial charge on any atom is -0.395 e. The maximum Gasteiger partial charge on any atom is 0.246 e. The largest absolute Gasteiger partial charge is 0.395 e. The second-order valence-electron chi connectivity index (χ2n) is 7.09. The van der Waals surface area contributed by atoms with Gasteiger partial charge >= 0.3 is 0 Å². The van der Waals surface area contributed by atoms with Crippen LogP contribution < -0.4 is 5.32 Å². The first-order valence-corrected chi connectivity index (χ1v) is 9.77. The van der Waals surface area contributed by atoms with Crippen LogP contribution in [0.2, 0.25) is 0 Å². The van der Waals surface area contributed by atoms with Crippen LogP contribution in [-0.4, -0.2) is 67.8 Å². The van der Waals surface area contributed by atoms with Gasteiger partial charge in [0.25, 0.3) is 0 Å². The number of tetrazole rings is 1. The van der Waals surface area contributed by atoms with Gasteiger partial charge in [-0.05, 0) is 42.3 Å². The number of aromatic nitrogens is 4. The Morgan fingerprint density at radius 2 is 1.93 bits per heavy atom. The zero-order valence-corrected chi connectivity index (χ0v) is 16.1. The van der Waals surface area contributed by atoms with Gasteiger partial charge in [-0.25, -0.2) is 4.39 Å². The number of benzene rings is 1. The molecule has 0 aliphatic heterocycles. The van der Waals surface area contributed by atoms with Crippen molar-refractivity contribution < 1.29 is 19.1 Å². The summed E-state index contributed by atoms with van der Waals surface area (Å²) in [4.78, 5) is 27.3. The van der Waals surface area contributed by atoms with Crippen LogP contribution in [-0.2, 0) is 16.1 Å². The predicted molar refractivity (Wildman–Crippen MR) is 102 cm³/mol. The van der Waals surface area contributed by atoms with E-state index in [1.807, 2.05) is 0 Å². The lowest BCUT2D eigenvalue weighted by atomic mass is 9.95. The fraction of sp³-hybridized carbons (Fsp3) is 0.526. The molecule has 1 heterocycles. The normalized spacial score (nSPS) is 14.6. The van der Waals surface area contributed by atoms with Crippen molar-refractivity contribution in [3.05, 3.63) is 30.1 Å². The minimum atomic E-state index is -0.402. The average molecular weight is 404 g/mol. The number of hydrogen-bond donors (Lipinski definition) is 2. The number of rotatable bonds is 8. The molecular formula is C19H25FN6O3. The topological polar surface area (TPSA) is 113 Å². The fourth-order valence-electron chi connectivity index (χ4n) is 3.35. The third kappa shape index (κ3) is 6.05. The van der Waals surface area contributed by atoms with E-state index in [2.05, 4.69) is 20.7 Å². The minimum absolute atomic E-state index is 0.0381. The number of hydrogen-bond acceptors (Lipinski definition) is 6. The number of nitrogens with zero attached hydrogens (tertiary/aromatic N) is 5. The van der Waals surface area contributed by atoms with E-state index in [4.69, 9.17) is 0 Å². The highest BCUT2D eigenvalue weighted by atomic mass is 19.1. The Labute approximate surface area is 167 Å². The van der Waals surface area contributed by atoms with Gasteiger partial charge in [-0.1, -0.05) is 19.3 Å². The van der Waals surface area contributed by atoms with E-state index in [0.717, 1.165) is 30.5 Å². The number of halogens is 1. The number of amides is 2. The first kappa shape index (κ1) is 20.8. The Kier molecular flexibility index (Phi) is 7.23. The Bertz CT molecular complexity index is 820. The maximum absolute atomic E-state index is 13.0. The Balaban J connectivity index is 1.57. The van der Waals surface area contributed by atoms with Crippen molar-refractivity contribution in [3.8, 4) is 11.4 Å². The van der Waals surface area contributed by atoms with Crippen LogP contribution in [0, 0.1) is 5.82 Å². The molecule has 0 saturated heterocycles. The van der Waals surface area contributed by atoms with Gasteiger partial charge in [-0.2, -0.15) is 4.80 Å².